The normalized spacial score (nSPS) is 9.60. The molecule has 0 amide bonds. The van der Waals surface area contributed by atoms with Gasteiger partial charge in [-0.2, -0.15) is 5.26 Å². The first kappa shape index (κ1) is 13.4. The number of carbonyl (C=O) groups is 1. The zero-order valence-electron chi connectivity index (χ0n) is 10.7. The molecule has 2 aromatic rings. The summed E-state index contributed by atoms with van der Waals surface area (Å²) in [5, 5.41) is 17.9. The van der Waals surface area contributed by atoms with Gasteiger partial charge in [-0.1, -0.05) is 0 Å². The molecular formula is C15H11NO4. The number of hydrogen-bond donors (Lipinski definition) is 1. The summed E-state index contributed by atoms with van der Waals surface area (Å²) in [6, 6.07) is 12.9. The van der Waals surface area contributed by atoms with E-state index in [1.807, 2.05) is 6.07 Å². The number of methoxy groups -OCH3 is 1. The summed E-state index contributed by atoms with van der Waals surface area (Å²) in [7, 11) is 1.46. The minimum Gasteiger partial charge on any atom is -0.497 e. The minimum absolute atomic E-state index is 0.00806. The highest BCUT2D eigenvalue weighted by Gasteiger charge is 2.13. The zero-order chi connectivity index (χ0) is 14.5. The number of rotatable bonds is 4. The monoisotopic (exact) mass is 269 g/mol. The number of ether oxygens (including phenoxy) is 2. The molecule has 1 N–H and O–H groups in total. The molecule has 5 heteroatoms. The molecule has 0 bridgehead atoms. The maximum absolute atomic E-state index is 11.2. The molecule has 2 aromatic carbocycles. The molecule has 0 aliphatic heterocycles. The van der Waals surface area contributed by atoms with Gasteiger partial charge in [0.05, 0.1) is 18.7 Å². The predicted octanol–water partition coefficient (Wildman–Crippen LogP) is 3.06. The molecule has 0 atom stereocenters. The van der Waals surface area contributed by atoms with Crippen molar-refractivity contribution in [1.29, 1.82) is 5.26 Å². The molecule has 0 fully saturated rings. The average Bonchev–Trinajstić information content (AvgIpc) is 2.48. The smallest absolute Gasteiger partial charge is 0.339 e. The Balaban J connectivity index is 2.32. The van der Waals surface area contributed by atoms with Gasteiger partial charge in [0.1, 0.15) is 22.8 Å². The fourth-order valence-electron chi connectivity index (χ4n) is 1.62. The van der Waals surface area contributed by atoms with Crippen LogP contribution in [-0.2, 0) is 0 Å². The van der Waals surface area contributed by atoms with Crippen LogP contribution in [-0.4, -0.2) is 18.2 Å². The standard InChI is InChI=1S/C15H11NO4/c1-19-12-6-7-14(13(8-12)15(17)18)20-11-4-2-10(9-16)3-5-11/h2-8H,1H3,(H,17,18). The van der Waals surface area contributed by atoms with E-state index in [2.05, 4.69) is 0 Å². The van der Waals surface area contributed by atoms with Gasteiger partial charge < -0.3 is 14.6 Å². The number of hydrogen-bond acceptors (Lipinski definition) is 4. The molecule has 0 aliphatic rings. The van der Waals surface area contributed by atoms with E-state index < -0.39 is 5.97 Å². The SMILES string of the molecule is COc1ccc(Oc2ccc(C#N)cc2)c(C(=O)O)c1. The predicted molar refractivity (Wildman–Crippen MR) is 71.2 cm³/mol. The van der Waals surface area contributed by atoms with Crippen LogP contribution >= 0.6 is 0 Å². The van der Waals surface area contributed by atoms with Crippen LogP contribution in [0.5, 0.6) is 17.2 Å². The molecule has 0 saturated carbocycles. The average molecular weight is 269 g/mol. The van der Waals surface area contributed by atoms with Crippen LogP contribution in [0.3, 0.4) is 0 Å². The molecule has 0 aliphatic carbocycles. The Hall–Kier alpha value is -3.00. The Morgan fingerprint density at radius 1 is 1.15 bits per heavy atom. The van der Waals surface area contributed by atoms with Crippen molar-refractivity contribution in [3.8, 4) is 23.3 Å². The van der Waals surface area contributed by atoms with Crippen molar-refractivity contribution in [2.75, 3.05) is 7.11 Å². The number of carboxylic acids is 1. The molecule has 20 heavy (non-hydrogen) atoms. The van der Waals surface area contributed by atoms with Gasteiger partial charge in [0.25, 0.3) is 0 Å². The Kier molecular flexibility index (Phi) is 3.87. The van der Waals surface area contributed by atoms with E-state index >= 15 is 0 Å². The summed E-state index contributed by atoms with van der Waals surface area (Å²) in [6.07, 6.45) is 0. The molecule has 0 aromatic heterocycles. The van der Waals surface area contributed by atoms with Crippen LogP contribution in [0.15, 0.2) is 42.5 Å². The molecule has 0 unspecified atom stereocenters. The van der Waals surface area contributed by atoms with Crippen LogP contribution in [0, 0.1) is 11.3 Å². The van der Waals surface area contributed by atoms with E-state index in [1.54, 1.807) is 30.3 Å². The lowest BCUT2D eigenvalue weighted by Crippen LogP contribution is -2.00. The van der Waals surface area contributed by atoms with Crippen LogP contribution in [0.2, 0.25) is 0 Å². The molecule has 0 heterocycles. The summed E-state index contributed by atoms with van der Waals surface area (Å²) < 4.78 is 10.5. The third kappa shape index (κ3) is 2.87. The Labute approximate surface area is 115 Å². The van der Waals surface area contributed by atoms with Crippen molar-refractivity contribution in [3.05, 3.63) is 53.6 Å². The summed E-state index contributed by atoms with van der Waals surface area (Å²) >= 11 is 0. The lowest BCUT2D eigenvalue weighted by atomic mass is 10.2. The lowest BCUT2D eigenvalue weighted by Gasteiger charge is -2.10. The Morgan fingerprint density at radius 2 is 1.80 bits per heavy atom. The Morgan fingerprint density at radius 3 is 2.35 bits per heavy atom. The summed E-state index contributed by atoms with van der Waals surface area (Å²) in [4.78, 5) is 11.2. The second-order valence-corrected chi connectivity index (χ2v) is 3.91. The number of carboxylic acid groups (broad SMARTS) is 1. The second kappa shape index (κ2) is 5.76. The fourth-order valence-corrected chi connectivity index (χ4v) is 1.62. The summed E-state index contributed by atoms with van der Waals surface area (Å²) in [5.41, 5.74) is 0.513. The van der Waals surface area contributed by atoms with Crippen LogP contribution < -0.4 is 9.47 Å². The van der Waals surface area contributed by atoms with Crippen LogP contribution in [0.25, 0.3) is 0 Å². The van der Waals surface area contributed by atoms with Crippen LogP contribution in [0.1, 0.15) is 15.9 Å². The van der Waals surface area contributed by atoms with Gasteiger partial charge in [0.2, 0.25) is 0 Å². The first-order valence-corrected chi connectivity index (χ1v) is 5.73. The number of aromatic carboxylic acids is 1. The van der Waals surface area contributed by atoms with Crippen molar-refractivity contribution in [3.63, 3.8) is 0 Å². The van der Waals surface area contributed by atoms with Crippen molar-refractivity contribution in [1.82, 2.24) is 0 Å². The maximum Gasteiger partial charge on any atom is 0.339 e. The molecule has 0 spiro atoms. The molecule has 0 radical (unpaired) electrons. The largest absolute Gasteiger partial charge is 0.497 e. The number of nitrogens with zero attached hydrogens (tertiary/aromatic N) is 1. The fraction of sp³-hybridized carbons (Fsp3) is 0.0667. The van der Waals surface area contributed by atoms with E-state index in [-0.39, 0.29) is 11.3 Å². The molecule has 5 nitrogen and oxygen atoms in total. The second-order valence-electron chi connectivity index (χ2n) is 3.91. The first-order valence-electron chi connectivity index (χ1n) is 5.73. The van der Waals surface area contributed by atoms with Gasteiger partial charge >= 0.3 is 5.97 Å². The van der Waals surface area contributed by atoms with Crippen molar-refractivity contribution < 1.29 is 19.4 Å². The topological polar surface area (TPSA) is 79.5 Å². The van der Waals surface area contributed by atoms with Gasteiger partial charge in [-0.25, -0.2) is 4.79 Å². The van der Waals surface area contributed by atoms with Gasteiger partial charge in [-0.15, -0.1) is 0 Å². The van der Waals surface area contributed by atoms with Crippen molar-refractivity contribution >= 4 is 5.97 Å². The molecule has 0 saturated heterocycles. The maximum atomic E-state index is 11.2. The third-order valence-electron chi connectivity index (χ3n) is 2.63. The number of nitriles is 1. The Bertz CT molecular complexity index is 671. The van der Waals surface area contributed by atoms with E-state index in [0.717, 1.165) is 0 Å². The van der Waals surface area contributed by atoms with E-state index in [0.29, 0.717) is 17.1 Å². The molecule has 100 valence electrons. The highest BCUT2D eigenvalue weighted by molar-refractivity contribution is 5.91. The highest BCUT2D eigenvalue weighted by Crippen LogP contribution is 2.28. The third-order valence-corrected chi connectivity index (χ3v) is 2.63. The number of benzene rings is 2. The first-order chi connectivity index (χ1) is 9.63. The lowest BCUT2D eigenvalue weighted by molar-refractivity contribution is 0.0693. The minimum atomic E-state index is -1.10. The van der Waals surface area contributed by atoms with Crippen molar-refractivity contribution in [2.45, 2.75) is 0 Å². The van der Waals surface area contributed by atoms with E-state index in [9.17, 15) is 4.79 Å². The highest BCUT2D eigenvalue weighted by atomic mass is 16.5. The summed E-state index contributed by atoms with van der Waals surface area (Å²) in [5.74, 6) is 0.00166. The van der Waals surface area contributed by atoms with Gasteiger partial charge in [0.15, 0.2) is 0 Å². The summed E-state index contributed by atoms with van der Waals surface area (Å²) in [6.45, 7) is 0. The van der Waals surface area contributed by atoms with Crippen molar-refractivity contribution in [2.24, 2.45) is 0 Å². The molecule has 2 rings (SSSR count). The van der Waals surface area contributed by atoms with Gasteiger partial charge in [0, 0.05) is 0 Å². The van der Waals surface area contributed by atoms with Crippen LogP contribution in [0.4, 0.5) is 0 Å². The molecular weight excluding hydrogens is 258 g/mol. The van der Waals surface area contributed by atoms with E-state index in [4.69, 9.17) is 19.8 Å². The quantitative estimate of drug-likeness (QED) is 0.922. The zero-order valence-corrected chi connectivity index (χ0v) is 10.7. The van der Waals surface area contributed by atoms with Gasteiger partial charge in [-0.05, 0) is 42.5 Å². The van der Waals surface area contributed by atoms with E-state index in [1.165, 1.54) is 19.2 Å². The van der Waals surface area contributed by atoms with Gasteiger partial charge in [-0.3, -0.25) is 0 Å².